The summed E-state index contributed by atoms with van der Waals surface area (Å²) in [6.07, 6.45) is 27.2. The SMILES string of the molecule is CCCCCCn1cc[n+](Cc2ccnc(-c3cc(C[n+]4ccn(CCCCCC)c4)ccn3)c2)c1. The minimum atomic E-state index is 0.832. The van der Waals surface area contributed by atoms with Gasteiger partial charge in [0.15, 0.2) is 0 Å². The van der Waals surface area contributed by atoms with Crippen LogP contribution in [0, 0.1) is 0 Å². The molecular formula is C30H42N6+2. The van der Waals surface area contributed by atoms with Gasteiger partial charge < -0.3 is 0 Å². The molecule has 4 aromatic rings. The van der Waals surface area contributed by atoms with Crippen LogP contribution in [0.1, 0.15) is 76.3 Å². The molecule has 0 aromatic carbocycles. The quantitative estimate of drug-likeness (QED) is 0.163. The molecule has 0 amide bonds. The topological polar surface area (TPSA) is 43.4 Å². The van der Waals surface area contributed by atoms with Crippen molar-refractivity contribution in [1.29, 1.82) is 0 Å². The first kappa shape index (κ1) is 25.8. The average Bonchev–Trinajstić information content (AvgIpc) is 3.54. The predicted octanol–water partition coefficient (Wildman–Crippen LogP) is 5.58. The van der Waals surface area contributed by atoms with Gasteiger partial charge in [0.2, 0.25) is 12.7 Å². The van der Waals surface area contributed by atoms with E-state index in [1.54, 1.807) is 0 Å². The zero-order chi connectivity index (χ0) is 25.0. The van der Waals surface area contributed by atoms with E-state index in [0.717, 1.165) is 37.6 Å². The number of imidazole rings is 2. The maximum atomic E-state index is 4.63. The summed E-state index contributed by atoms with van der Waals surface area (Å²) < 4.78 is 9.07. The Bertz CT molecular complexity index is 1100. The highest BCUT2D eigenvalue weighted by molar-refractivity contribution is 5.55. The Hall–Kier alpha value is -3.28. The molecule has 36 heavy (non-hydrogen) atoms. The molecule has 0 aliphatic carbocycles. The predicted molar refractivity (Wildman–Crippen MR) is 143 cm³/mol. The van der Waals surface area contributed by atoms with Crippen LogP contribution in [0.15, 0.2) is 74.1 Å². The van der Waals surface area contributed by atoms with Gasteiger partial charge in [0.25, 0.3) is 0 Å². The van der Waals surface area contributed by atoms with E-state index >= 15 is 0 Å². The van der Waals surface area contributed by atoms with Gasteiger partial charge in [-0.25, -0.2) is 18.3 Å². The first-order valence-electron chi connectivity index (χ1n) is 13.7. The maximum absolute atomic E-state index is 4.63. The van der Waals surface area contributed by atoms with E-state index in [1.807, 2.05) is 12.4 Å². The molecule has 4 heterocycles. The molecule has 0 aliphatic heterocycles. The number of rotatable bonds is 15. The lowest BCUT2D eigenvalue weighted by Crippen LogP contribution is -2.31. The fourth-order valence-corrected chi connectivity index (χ4v) is 4.62. The van der Waals surface area contributed by atoms with Gasteiger partial charge in [-0.3, -0.25) is 9.97 Å². The van der Waals surface area contributed by atoms with Gasteiger partial charge >= 0.3 is 0 Å². The lowest BCUT2D eigenvalue weighted by atomic mass is 10.1. The minimum absolute atomic E-state index is 0.832. The number of nitrogens with zero attached hydrogens (tertiary/aromatic N) is 6. The number of aryl methyl sites for hydroxylation is 2. The van der Waals surface area contributed by atoms with Crippen LogP contribution in [-0.2, 0) is 26.2 Å². The number of pyridine rings is 2. The molecule has 0 atom stereocenters. The van der Waals surface area contributed by atoms with Gasteiger partial charge in [0, 0.05) is 12.4 Å². The van der Waals surface area contributed by atoms with Crippen LogP contribution < -0.4 is 9.13 Å². The van der Waals surface area contributed by atoms with E-state index in [4.69, 9.17) is 0 Å². The van der Waals surface area contributed by atoms with E-state index < -0.39 is 0 Å². The summed E-state index contributed by atoms with van der Waals surface area (Å²) in [5, 5.41) is 0. The van der Waals surface area contributed by atoms with Gasteiger partial charge in [0.05, 0.1) is 24.5 Å². The van der Waals surface area contributed by atoms with Gasteiger partial charge in [-0.15, -0.1) is 0 Å². The summed E-state index contributed by atoms with van der Waals surface area (Å²) in [6.45, 7) is 8.35. The van der Waals surface area contributed by atoms with Crippen molar-refractivity contribution in [3.8, 4) is 11.4 Å². The Kier molecular flexibility index (Phi) is 9.83. The molecule has 0 fully saturated rings. The van der Waals surface area contributed by atoms with Crippen LogP contribution in [0.3, 0.4) is 0 Å². The Morgan fingerprint density at radius 3 is 1.56 bits per heavy atom. The van der Waals surface area contributed by atoms with Crippen molar-refractivity contribution in [2.24, 2.45) is 0 Å². The third kappa shape index (κ3) is 7.87. The Labute approximate surface area is 216 Å². The van der Waals surface area contributed by atoms with E-state index in [-0.39, 0.29) is 0 Å². The normalized spacial score (nSPS) is 11.3. The van der Waals surface area contributed by atoms with Crippen LogP contribution in [0.2, 0.25) is 0 Å². The molecule has 4 rings (SSSR count). The van der Waals surface area contributed by atoms with Crippen molar-refractivity contribution in [3.05, 3.63) is 85.2 Å². The highest BCUT2D eigenvalue weighted by Crippen LogP contribution is 2.17. The molecule has 0 radical (unpaired) electrons. The third-order valence-corrected chi connectivity index (χ3v) is 6.67. The fourth-order valence-electron chi connectivity index (χ4n) is 4.62. The Balaban J connectivity index is 1.36. The maximum Gasteiger partial charge on any atom is 0.244 e. The lowest BCUT2D eigenvalue weighted by molar-refractivity contribution is -0.688. The van der Waals surface area contributed by atoms with E-state index in [1.165, 1.54) is 62.5 Å². The van der Waals surface area contributed by atoms with Gasteiger partial charge in [-0.2, -0.15) is 0 Å². The van der Waals surface area contributed by atoms with E-state index in [2.05, 4.69) is 104 Å². The Morgan fingerprint density at radius 1 is 0.639 bits per heavy atom. The standard InChI is InChI=1S/C30H42N6/c1-3-5-7-9-15-33-17-19-35(25-33)23-27-11-13-31-29(21-27)30-22-28(12-14-32-30)24-36-20-18-34(26-36)16-10-8-6-4-2/h11-14,17-22,25-26H,3-10,15-16,23-24H2,1-2H3/q+2. The summed E-state index contributed by atoms with van der Waals surface area (Å²) in [4.78, 5) is 9.26. The smallest absolute Gasteiger partial charge is 0.244 e. The number of hydrogen-bond acceptors (Lipinski definition) is 2. The van der Waals surface area contributed by atoms with Crippen molar-refractivity contribution in [2.45, 2.75) is 91.4 Å². The first-order chi connectivity index (χ1) is 17.7. The second-order valence-electron chi connectivity index (χ2n) is 9.87. The first-order valence-corrected chi connectivity index (χ1v) is 13.7. The molecule has 6 heteroatoms. The molecule has 0 saturated carbocycles. The molecule has 6 nitrogen and oxygen atoms in total. The Morgan fingerprint density at radius 2 is 1.11 bits per heavy atom. The summed E-state index contributed by atoms with van der Waals surface area (Å²) in [5.74, 6) is 0. The van der Waals surface area contributed by atoms with Crippen molar-refractivity contribution < 1.29 is 9.13 Å². The van der Waals surface area contributed by atoms with E-state index in [0.29, 0.717) is 0 Å². The van der Waals surface area contributed by atoms with E-state index in [9.17, 15) is 0 Å². The number of hydrogen-bond donors (Lipinski definition) is 0. The minimum Gasteiger partial charge on any atom is -0.255 e. The van der Waals surface area contributed by atoms with Gasteiger partial charge in [-0.05, 0) is 61.1 Å². The van der Waals surface area contributed by atoms with Crippen LogP contribution in [0.4, 0.5) is 0 Å². The van der Waals surface area contributed by atoms with Crippen LogP contribution >= 0.6 is 0 Å². The number of aromatic nitrogens is 6. The van der Waals surface area contributed by atoms with Crippen LogP contribution in [0.25, 0.3) is 11.4 Å². The second-order valence-corrected chi connectivity index (χ2v) is 9.87. The summed E-state index contributed by atoms with van der Waals surface area (Å²) in [6, 6.07) is 8.52. The van der Waals surface area contributed by atoms with Crippen LogP contribution in [0.5, 0.6) is 0 Å². The molecular weight excluding hydrogens is 444 g/mol. The largest absolute Gasteiger partial charge is 0.255 e. The molecule has 0 unspecified atom stereocenters. The highest BCUT2D eigenvalue weighted by atomic mass is 15.1. The molecule has 0 aliphatic rings. The molecule has 190 valence electrons. The summed E-state index contributed by atoms with van der Waals surface area (Å²) in [7, 11) is 0. The second kappa shape index (κ2) is 13.7. The van der Waals surface area contributed by atoms with Gasteiger partial charge in [0.1, 0.15) is 37.9 Å². The molecule has 4 aromatic heterocycles. The fraction of sp³-hybridized carbons (Fsp3) is 0.467. The molecule has 0 bridgehead atoms. The zero-order valence-electron chi connectivity index (χ0n) is 22.1. The van der Waals surface area contributed by atoms with Crippen molar-refractivity contribution >= 4 is 0 Å². The third-order valence-electron chi connectivity index (χ3n) is 6.67. The zero-order valence-corrected chi connectivity index (χ0v) is 22.1. The van der Waals surface area contributed by atoms with Crippen molar-refractivity contribution in [3.63, 3.8) is 0 Å². The lowest BCUT2D eigenvalue weighted by Gasteiger charge is -2.05. The van der Waals surface area contributed by atoms with Crippen LogP contribution in [-0.4, -0.2) is 19.1 Å². The molecule has 0 saturated heterocycles. The average molecular weight is 487 g/mol. The summed E-state index contributed by atoms with van der Waals surface area (Å²) >= 11 is 0. The molecule has 0 spiro atoms. The van der Waals surface area contributed by atoms with Gasteiger partial charge in [-0.1, -0.05) is 39.5 Å². The monoisotopic (exact) mass is 486 g/mol. The summed E-state index contributed by atoms with van der Waals surface area (Å²) in [5.41, 5.74) is 4.31. The number of unbranched alkanes of at least 4 members (excludes halogenated alkanes) is 6. The highest BCUT2D eigenvalue weighted by Gasteiger charge is 2.10. The van der Waals surface area contributed by atoms with Crippen molar-refractivity contribution in [2.75, 3.05) is 0 Å². The molecule has 0 N–H and O–H groups in total. The van der Waals surface area contributed by atoms with Crippen molar-refractivity contribution in [1.82, 2.24) is 19.1 Å².